The van der Waals surface area contributed by atoms with Crippen molar-refractivity contribution in [3.05, 3.63) is 110 Å². The molecule has 2 aromatic carbocycles. The van der Waals surface area contributed by atoms with Gasteiger partial charge in [-0.3, -0.25) is 9.69 Å². The summed E-state index contributed by atoms with van der Waals surface area (Å²) in [5, 5.41) is 0.726. The quantitative estimate of drug-likeness (QED) is 0.278. The normalized spacial score (nSPS) is 18.9. The van der Waals surface area contributed by atoms with Gasteiger partial charge in [0.1, 0.15) is 0 Å². The van der Waals surface area contributed by atoms with Gasteiger partial charge in [0, 0.05) is 43.3 Å². The summed E-state index contributed by atoms with van der Waals surface area (Å²) in [5.74, 6) is 0.333. The fraction of sp³-hybridized carbons (Fsp3) is 0.323. The molecule has 194 valence electrons. The number of anilines is 1. The molecule has 1 aliphatic heterocycles. The first kappa shape index (κ1) is 26.0. The lowest BCUT2D eigenvalue weighted by atomic mass is 9.92. The van der Waals surface area contributed by atoms with Crippen molar-refractivity contribution in [3.63, 3.8) is 0 Å². The molecule has 0 radical (unpaired) electrons. The van der Waals surface area contributed by atoms with Crippen molar-refractivity contribution in [3.8, 4) is 0 Å². The molecule has 1 fully saturated rings. The highest BCUT2D eigenvalue weighted by Gasteiger charge is 2.37. The number of pyridine rings is 2. The average molecular weight is 526 g/mol. The van der Waals surface area contributed by atoms with E-state index in [0.717, 1.165) is 35.7 Å². The number of fused-ring (bicyclic) bond motifs is 1. The van der Waals surface area contributed by atoms with Crippen LogP contribution in [0.2, 0.25) is 5.02 Å². The number of hydrogen-bond donors (Lipinski definition) is 0. The number of nitrogens with zero attached hydrogens (tertiary/aromatic N) is 5. The van der Waals surface area contributed by atoms with Crippen molar-refractivity contribution in [2.24, 2.45) is 7.05 Å². The lowest BCUT2D eigenvalue weighted by molar-refractivity contribution is 0.124. The molecule has 7 heteroatoms. The van der Waals surface area contributed by atoms with Crippen LogP contribution in [0.25, 0.3) is 15.9 Å². The minimum atomic E-state index is -0.0755. The molecule has 38 heavy (non-hydrogen) atoms. The summed E-state index contributed by atoms with van der Waals surface area (Å²) >= 11 is 6.25. The molecule has 3 heterocycles. The average Bonchev–Trinajstić information content (AvgIpc) is 2.93. The Kier molecular flexibility index (Phi) is 7.25. The Labute approximate surface area is 228 Å². The fourth-order valence-electron chi connectivity index (χ4n) is 5.62. The maximum absolute atomic E-state index is 13.0. The van der Waals surface area contributed by atoms with Crippen LogP contribution in [-0.4, -0.2) is 39.6 Å². The molecule has 1 unspecified atom stereocenters. The molecular formula is C31H32ClN5O. The summed E-state index contributed by atoms with van der Waals surface area (Å²) in [6.07, 6.45) is 0.906. The SMILES string of the molecule is [C-]#[N+]c1ccc2c(n1)c(N1C[C@@H](C)N(C(c3ccc(C)cc3)c3ccc(Cl)cc3)C[C@@H]1CC)cc(=O)n2C. The number of benzene rings is 2. The number of piperazine rings is 1. The van der Waals surface area contributed by atoms with E-state index in [1.54, 1.807) is 23.7 Å². The fourth-order valence-corrected chi connectivity index (χ4v) is 5.74. The lowest BCUT2D eigenvalue weighted by Crippen LogP contribution is -2.58. The maximum atomic E-state index is 13.0. The van der Waals surface area contributed by atoms with Gasteiger partial charge in [-0.15, -0.1) is 4.98 Å². The Bertz CT molecular complexity index is 1510. The van der Waals surface area contributed by atoms with Gasteiger partial charge in [-0.1, -0.05) is 67.1 Å². The number of halogens is 1. The van der Waals surface area contributed by atoms with E-state index in [2.05, 4.69) is 76.8 Å². The Balaban J connectivity index is 1.58. The minimum absolute atomic E-state index is 0.0753. The molecular weight excluding hydrogens is 494 g/mol. The van der Waals surface area contributed by atoms with E-state index in [1.807, 2.05) is 18.2 Å². The maximum Gasteiger partial charge on any atom is 0.270 e. The third-order valence-electron chi connectivity index (χ3n) is 7.75. The highest BCUT2D eigenvalue weighted by Crippen LogP contribution is 2.37. The van der Waals surface area contributed by atoms with Gasteiger partial charge in [0.15, 0.2) is 0 Å². The van der Waals surface area contributed by atoms with E-state index in [1.165, 1.54) is 16.7 Å². The summed E-state index contributed by atoms with van der Waals surface area (Å²) in [6.45, 7) is 15.6. The van der Waals surface area contributed by atoms with Crippen molar-refractivity contribution in [1.82, 2.24) is 14.5 Å². The van der Waals surface area contributed by atoms with E-state index >= 15 is 0 Å². The molecule has 0 amide bonds. The molecule has 1 aliphatic rings. The molecule has 6 nitrogen and oxygen atoms in total. The first-order valence-corrected chi connectivity index (χ1v) is 13.4. The summed E-state index contributed by atoms with van der Waals surface area (Å²) in [6, 6.07) is 22.6. The zero-order valence-corrected chi connectivity index (χ0v) is 23.0. The molecule has 0 aliphatic carbocycles. The molecule has 1 saturated heterocycles. The summed E-state index contributed by atoms with van der Waals surface area (Å²) in [7, 11) is 1.75. The Morgan fingerprint density at radius 3 is 2.34 bits per heavy atom. The number of rotatable bonds is 5. The highest BCUT2D eigenvalue weighted by molar-refractivity contribution is 6.30. The van der Waals surface area contributed by atoms with Gasteiger partial charge in [0.25, 0.3) is 11.4 Å². The van der Waals surface area contributed by atoms with Crippen molar-refractivity contribution >= 4 is 34.1 Å². The van der Waals surface area contributed by atoms with Gasteiger partial charge in [-0.05, 0) is 55.7 Å². The van der Waals surface area contributed by atoms with E-state index in [4.69, 9.17) is 18.2 Å². The second-order valence-corrected chi connectivity index (χ2v) is 10.6. The van der Waals surface area contributed by atoms with Crippen LogP contribution >= 0.6 is 11.6 Å². The van der Waals surface area contributed by atoms with E-state index < -0.39 is 0 Å². The van der Waals surface area contributed by atoms with Crippen LogP contribution in [-0.2, 0) is 7.05 Å². The summed E-state index contributed by atoms with van der Waals surface area (Å²) in [4.78, 5) is 26.0. The summed E-state index contributed by atoms with van der Waals surface area (Å²) < 4.78 is 1.61. The predicted molar refractivity (Wildman–Crippen MR) is 155 cm³/mol. The van der Waals surface area contributed by atoms with Gasteiger partial charge in [-0.25, -0.2) is 0 Å². The van der Waals surface area contributed by atoms with Gasteiger partial charge < -0.3 is 14.3 Å². The molecule has 3 atom stereocenters. The zero-order chi connectivity index (χ0) is 27.0. The number of hydrogen-bond acceptors (Lipinski definition) is 4. The van der Waals surface area contributed by atoms with E-state index in [9.17, 15) is 4.79 Å². The van der Waals surface area contributed by atoms with Gasteiger partial charge in [0.2, 0.25) is 5.52 Å². The molecule has 5 rings (SSSR count). The van der Waals surface area contributed by atoms with Crippen LogP contribution in [0.4, 0.5) is 11.5 Å². The topological polar surface area (TPSA) is 45.7 Å². The third-order valence-corrected chi connectivity index (χ3v) is 8.00. The molecule has 0 bridgehead atoms. The second-order valence-electron chi connectivity index (χ2n) is 10.2. The smallest absolute Gasteiger partial charge is 0.270 e. The van der Waals surface area contributed by atoms with Gasteiger partial charge in [0.05, 0.1) is 17.2 Å². The first-order valence-electron chi connectivity index (χ1n) is 13.0. The van der Waals surface area contributed by atoms with Crippen molar-refractivity contribution in [1.29, 1.82) is 0 Å². The van der Waals surface area contributed by atoms with Crippen LogP contribution < -0.4 is 10.5 Å². The van der Waals surface area contributed by atoms with Crippen LogP contribution in [0, 0.1) is 13.5 Å². The van der Waals surface area contributed by atoms with Gasteiger partial charge in [-0.2, -0.15) is 0 Å². The van der Waals surface area contributed by atoms with Crippen molar-refractivity contribution < 1.29 is 0 Å². The van der Waals surface area contributed by atoms with E-state index in [-0.39, 0.29) is 23.7 Å². The third kappa shape index (κ3) is 4.80. The minimum Gasteiger partial charge on any atom is -0.362 e. The molecule has 2 aromatic heterocycles. The second kappa shape index (κ2) is 10.6. The zero-order valence-electron chi connectivity index (χ0n) is 22.2. The number of aromatic nitrogens is 2. The monoisotopic (exact) mass is 525 g/mol. The Hall–Kier alpha value is -3.66. The van der Waals surface area contributed by atoms with Crippen LogP contribution in [0.15, 0.2) is 71.5 Å². The predicted octanol–water partition coefficient (Wildman–Crippen LogP) is 6.52. The lowest BCUT2D eigenvalue weighted by Gasteiger charge is -2.49. The standard InChI is InChI=1S/C31H32ClN5O/c1-6-25-19-36(31(22-9-7-20(2)8-10-22)23-11-13-24(32)14-12-23)21(3)18-37(25)27-17-29(38)35(5)26-15-16-28(33-4)34-30(26)27/h7-17,21,25,31H,6,18-19H2,1-3,5H3/t21-,25+,31?/m1/s1. The number of aryl methyl sites for hydroxylation is 2. The van der Waals surface area contributed by atoms with Crippen molar-refractivity contribution in [2.75, 3.05) is 18.0 Å². The summed E-state index contributed by atoms with van der Waals surface area (Å²) in [5.41, 5.74) is 5.86. The largest absolute Gasteiger partial charge is 0.362 e. The van der Waals surface area contributed by atoms with E-state index in [0.29, 0.717) is 11.3 Å². The van der Waals surface area contributed by atoms with Crippen LogP contribution in [0.3, 0.4) is 0 Å². The molecule has 4 aromatic rings. The van der Waals surface area contributed by atoms with Crippen LogP contribution in [0.5, 0.6) is 0 Å². The first-order chi connectivity index (χ1) is 18.3. The molecule has 0 spiro atoms. The highest BCUT2D eigenvalue weighted by atomic mass is 35.5. The molecule has 0 saturated carbocycles. The molecule has 0 N–H and O–H groups in total. The van der Waals surface area contributed by atoms with Crippen molar-refractivity contribution in [2.45, 2.75) is 45.3 Å². The van der Waals surface area contributed by atoms with Crippen LogP contribution in [0.1, 0.15) is 43.0 Å². The van der Waals surface area contributed by atoms with Gasteiger partial charge >= 0.3 is 0 Å². The Morgan fingerprint density at radius 1 is 1.05 bits per heavy atom. The Morgan fingerprint density at radius 2 is 1.71 bits per heavy atom.